The van der Waals surface area contributed by atoms with E-state index >= 15 is 0 Å². The molecule has 1 fully saturated rings. The van der Waals surface area contributed by atoms with Crippen LogP contribution in [0, 0.1) is 3.57 Å². The van der Waals surface area contributed by atoms with Gasteiger partial charge >= 0.3 is 0 Å². The Kier molecular flexibility index (Phi) is 4.38. The molecule has 1 saturated heterocycles. The van der Waals surface area contributed by atoms with Crippen LogP contribution >= 0.6 is 46.0 Å². The molecule has 2 aromatic rings. The molecule has 4 rings (SSSR count). The summed E-state index contributed by atoms with van der Waals surface area (Å²) < 4.78 is 0.753. The predicted octanol–water partition coefficient (Wildman–Crippen LogP) is 4.63. The van der Waals surface area contributed by atoms with Crippen LogP contribution in [0.15, 0.2) is 41.5 Å². The van der Waals surface area contributed by atoms with E-state index in [2.05, 4.69) is 39.4 Å². The number of pyridine rings is 1. The third kappa shape index (κ3) is 2.78. The van der Waals surface area contributed by atoms with Crippen molar-refractivity contribution in [3.05, 3.63) is 56.4 Å². The van der Waals surface area contributed by atoms with Gasteiger partial charge in [0, 0.05) is 18.0 Å². The van der Waals surface area contributed by atoms with Crippen LogP contribution in [0.4, 0.5) is 0 Å². The van der Waals surface area contributed by atoms with Gasteiger partial charge in [0.1, 0.15) is 11.8 Å². The number of thioether (sulfide) groups is 1. The summed E-state index contributed by atoms with van der Waals surface area (Å²) in [7, 11) is 0. The second-order valence-corrected chi connectivity index (χ2v) is 8.94. The Labute approximate surface area is 163 Å². The van der Waals surface area contributed by atoms with Gasteiger partial charge in [-0.1, -0.05) is 36.4 Å². The van der Waals surface area contributed by atoms with Crippen molar-refractivity contribution < 1.29 is 5.11 Å². The van der Waals surface area contributed by atoms with Crippen molar-refractivity contribution in [1.29, 1.82) is 0 Å². The fourth-order valence-corrected chi connectivity index (χ4v) is 5.36. The molecule has 1 aromatic carbocycles. The number of benzene rings is 1. The van der Waals surface area contributed by atoms with E-state index in [1.807, 2.05) is 42.1 Å². The van der Waals surface area contributed by atoms with Gasteiger partial charge in [0.25, 0.3) is 0 Å². The number of aliphatic imine (C=N–C) groups is 1. The van der Waals surface area contributed by atoms with Crippen LogP contribution in [0.1, 0.15) is 30.3 Å². The minimum atomic E-state index is -0.0578. The number of phenolic OH excluding ortho intramolecular Hbond substituents is 1. The zero-order valence-electron chi connectivity index (χ0n) is 12.9. The van der Waals surface area contributed by atoms with Crippen LogP contribution in [-0.4, -0.2) is 32.0 Å². The average molecular weight is 472 g/mol. The number of nitrogens with zero attached hydrogens (tertiary/aromatic N) is 3. The molecule has 0 spiro atoms. The first-order valence-corrected chi connectivity index (χ1v) is 9.98. The monoisotopic (exact) mass is 471 g/mol. The fourth-order valence-electron chi connectivity index (χ4n) is 3.23. The molecule has 0 bridgehead atoms. The molecule has 7 heteroatoms. The van der Waals surface area contributed by atoms with Gasteiger partial charge in [-0.3, -0.25) is 9.98 Å². The lowest BCUT2D eigenvalue weighted by atomic mass is 9.96. The minimum absolute atomic E-state index is 0.0546. The van der Waals surface area contributed by atoms with Crippen LogP contribution in [-0.2, 0) is 0 Å². The van der Waals surface area contributed by atoms with E-state index in [0.29, 0.717) is 10.3 Å². The van der Waals surface area contributed by atoms with Crippen molar-refractivity contribution in [3.63, 3.8) is 0 Å². The van der Waals surface area contributed by atoms with Crippen molar-refractivity contribution in [2.45, 2.75) is 24.3 Å². The molecular formula is C17H15ClIN3OS. The number of fused-ring (bicyclic) bond motifs is 1. The topological polar surface area (TPSA) is 48.7 Å². The lowest BCUT2D eigenvalue weighted by Gasteiger charge is -2.27. The van der Waals surface area contributed by atoms with Crippen molar-refractivity contribution in [2.24, 2.45) is 4.99 Å². The molecule has 2 aliphatic rings. The summed E-state index contributed by atoms with van der Waals surface area (Å²) in [5.74, 6) is 0.138. The number of hydrogen-bond acceptors (Lipinski definition) is 5. The Bertz CT molecular complexity index is 794. The number of amidine groups is 1. The first kappa shape index (κ1) is 16.5. The highest BCUT2D eigenvalue weighted by molar-refractivity contribution is 14.1. The average Bonchev–Trinajstić information content (AvgIpc) is 3.08. The van der Waals surface area contributed by atoms with Crippen LogP contribution < -0.4 is 0 Å². The Morgan fingerprint density at radius 1 is 1.38 bits per heavy atom. The van der Waals surface area contributed by atoms with E-state index < -0.39 is 0 Å². The summed E-state index contributed by atoms with van der Waals surface area (Å²) in [6.45, 7) is 3.17. The Morgan fingerprint density at radius 3 is 2.92 bits per heavy atom. The Balaban J connectivity index is 1.81. The van der Waals surface area contributed by atoms with Gasteiger partial charge in [-0.15, -0.1) is 0 Å². The summed E-state index contributed by atoms with van der Waals surface area (Å²) in [6, 6.07) is 9.77. The molecule has 0 radical (unpaired) electrons. The smallest absolute Gasteiger partial charge is 0.160 e. The summed E-state index contributed by atoms with van der Waals surface area (Å²) in [5, 5.41) is 12.0. The summed E-state index contributed by atoms with van der Waals surface area (Å²) >= 11 is 10.2. The second kappa shape index (κ2) is 6.38. The van der Waals surface area contributed by atoms with E-state index in [4.69, 9.17) is 16.6 Å². The maximum Gasteiger partial charge on any atom is 0.160 e. The van der Waals surface area contributed by atoms with Gasteiger partial charge in [0.2, 0.25) is 0 Å². The highest BCUT2D eigenvalue weighted by atomic mass is 127. The molecule has 4 nitrogen and oxygen atoms in total. The van der Waals surface area contributed by atoms with Gasteiger partial charge in [-0.2, -0.15) is 0 Å². The number of phenols is 1. The number of aromatic nitrogens is 1. The van der Waals surface area contributed by atoms with Gasteiger partial charge in [0.15, 0.2) is 5.17 Å². The Morgan fingerprint density at radius 2 is 2.21 bits per heavy atom. The maximum atomic E-state index is 9.99. The van der Waals surface area contributed by atoms with Crippen molar-refractivity contribution >= 4 is 51.1 Å². The third-order valence-electron chi connectivity index (χ3n) is 4.26. The zero-order chi connectivity index (χ0) is 16.8. The van der Waals surface area contributed by atoms with Crippen molar-refractivity contribution in [2.75, 3.05) is 6.54 Å². The van der Waals surface area contributed by atoms with Gasteiger partial charge in [-0.25, -0.2) is 0 Å². The molecular weight excluding hydrogens is 457 g/mol. The summed E-state index contributed by atoms with van der Waals surface area (Å²) in [4.78, 5) is 11.8. The second-order valence-electron chi connectivity index (χ2n) is 5.97. The van der Waals surface area contributed by atoms with Crippen LogP contribution in [0.25, 0.3) is 0 Å². The van der Waals surface area contributed by atoms with E-state index in [1.165, 1.54) is 0 Å². The summed E-state index contributed by atoms with van der Waals surface area (Å²) in [5.41, 5.74) is 2.02. The van der Waals surface area contributed by atoms with E-state index in [0.717, 1.165) is 26.5 Å². The third-order valence-corrected chi connectivity index (χ3v) is 6.47. The molecule has 124 valence electrons. The Hall–Kier alpha value is -0.990. The highest BCUT2D eigenvalue weighted by Crippen LogP contribution is 2.48. The number of hydrogen-bond donors (Lipinski definition) is 1. The largest absolute Gasteiger partial charge is 0.505 e. The molecule has 0 amide bonds. The standard InChI is InChI=1S/C17H15ClIN3OS/c1-9-8-22-15(10-6-11(18)16(23)12(19)7-10)14(21-17(22)24-9)13-4-2-3-5-20-13/h2-7,9,14-15,23H,8H2,1H3/t9-,14+,15+/m1/s1. The minimum Gasteiger partial charge on any atom is -0.505 e. The molecule has 1 N–H and O–H groups in total. The maximum absolute atomic E-state index is 9.99. The van der Waals surface area contributed by atoms with Gasteiger partial charge in [0.05, 0.1) is 20.3 Å². The zero-order valence-corrected chi connectivity index (χ0v) is 16.6. The number of aromatic hydroxyl groups is 1. The number of halogens is 2. The number of rotatable bonds is 2. The first-order valence-electron chi connectivity index (χ1n) is 7.64. The molecule has 24 heavy (non-hydrogen) atoms. The van der Waals surface area contributed by atoms with E-state index in [-0.39, 0.29) is 17.8 Å². The molecule has 0 unspecified atom stereocenters. The van der Waals surface area contributed by atoms with Crippen LogP contribution in [0.5, 0.6) is 5.75 Å². The molecule has 3 heterocycles. The van der Waals surface area contributed by atoms with Gasteiger partial charge < -0.3 is 10.0 Å². The van der Waals surface area contributed by atoms with Crippen molar-refractivity contribution in [3.8, 4) is 5.75 Å². The quantitative estimate of drug-likeness (QED) is 0.649. The molecule has 2 aliphatic heterocycles. The SMILES string of the molecule is C[C@@H]1CN2C(=N[C@@H](c3ccccn3)[C@@H]2c2cc(Cl)c(O)c(I)c2)S1. The van der Waals surface area contributed by atoms with E-state index in [9.17, 15) is 5.11 Å². The lowest BCUT2D eigenvalue weighted by molar-refractivity contribution is 0.321. The summed E-state index contributed by atoms with van der Waals surface area (Å²) in [6.07, 6.45) is 1.80. The molecule has 1 aromatic heterocycles. The normalized spacial score (nSPS) is 25.7. The van der Waals surface area contributed by atoms with Crippen molar-refractivity contribution in [1.82, 2.24) is 9.88 Å². The van der Waals surface area contributed by atoms with Crippen LogP contribution in [0.2, 0.25) is 5.02 Å². The van der Waals surface area contributed by atoms with Gasteiger partial charge in [-0.05, 0) is 52.4 Å². The molecule has 0 aliphatic carbocycles. The van der Waals surface area contributed by atoms with Crippen LogP contribution in [0.3, 0.4) is 0 Å². The molecule has 0 saturated carbocycles. The lowest BCUT2D eigenvalue weighted by Crippen LogP contribution is -2.28. The molecule has 3 atom stereocenters. The van der Waals surface area contributed by atoms with E-state index in [1.54, 1.807) is 6.20 Å². The predicted molar refractivity (Wildman–Crippen MR) is 107 cm³/mol. The highest BCUT2D eigenvalue weighted by Gasteiger charge is 2.43. The first-order chi connectivity index (χ1) is 11.5. The fraction of sp³-hybridized carbons (Fsp3) is 0.294.